The normalized spacial score (nSPS) is 19.3. The fourth-order valence-electron chi connectivity index (χ4n) is 3.60. The van der Waals surface area contributed by atoms with Gasteiger partial charge in [0.25, 0.3) is 5.91 Å². The van der Waals surface area contributed by atoms with E-state index in [9.17, 15) is 14.0 Å². The van der Waals surface area contributed by atoms with Crippen LogP contribution >= 0.6 is 0 Å². The van der Waals surface area contributed by atoms with Gasteiger partial charge in [-0.25, -0.2) is 14.4 Å². The highest BCUT2D eigenvalue weighted by Gasteiger charge is 2.40. The second-order valence-electron chi connectivity index (χ2n) is 7.24. The van der Waals surface area contributed by atoms with E-state index in [2.05, 4.69) is 9.97 Å². The molecule has 148 valence electrons. The van der Waals surface area contributed by atoms with E-state index in [0.717, 1.165) is 6.42 Å². The zero-order valence-corrected chi connectivity index (χ0v) is 15.7. The number of aryl methyl sites for hydroxylation is 1. The largest absolute Gasteiger partial charge is 0.493 e. The van der Waals surface area contributed by atoms with E-state index in [1.165, 1.54) is 36.8 Å². The summed E-state index contributed by atoms with van der Waals surface area (Å²) in [6.07, 6.45) is 4.42. The number of halogens is 1. The second-order valence-corrected chi connectivity index (χ2v) is 7.24. The average Bonchev–Trinajstić information content (AvgIpc) is 2.67. The van der Waals surface area contributed by atoms with Crippen LogP contribution in [-0.2, 0) is 4.79 Å². The lowest BCUT2D eigenvalue weighted by atomic mass is 9.77. The fourth-order valence-corrected chi connectivity index (χ4v) is 3.60. The zero-order valence-electron chi connectivity index (χ0n) is 15.7. The molecule has 1 aromatic heterocycles. The van der Waals surface area contributed by atoms with Gasteiger partial charge in [0.15, 0.2) is 0 Å². The number of piperidine rings is 1. The molecule has 1 atom stereocenters. The Balaban J connectivity index is 1.77. The third kappa shape index (κ3) is 4.62. The second kappa shape index (κ2) is 8.33. The Labute approximate surface area is 162 Å². The van der Waals surface area contributed by atoms with Crippen LogP contribution in [0.2, 0.25) is 0 Å². The Bertz CT molecular complexity index is 859. The van der Waals surface area contributed by atoms with Crippen molar-refractivity contribution < 1.29 is 18.7 Å². The lowest BCUT2D eigenvalue weighted by molar-refractivity contribution is -0.122. The molecule has 2 amide bonds. The smallest absolute Gasteiger partial charge is 0.257 e. The number of carbonyl (C=O) groups is 2. The molecule has 0 unspecified atom stereocenters. The first-order valence-electron chi connectivity index (χ1n) is 9.11. The maximum Gasteiger partial charge on any atom is 0.257 e. The number of amides is 2. The topological polar surface area (TPSA) is 98.4 Å². The lowest BCUT2D eigenvalue weighted by Crippen LogP contribution is -2.50. The number of likely N-dealkylation sites (tertiary alicyclic amines) is 1. The monoisotopic (exact) mass is 386 g/mol. The predicted octanol–water partition coefficient (Wildman–Crippen LogP) is 2.10. The number of nitrogens with two attached hydrogens (primary N) is 1. The Morgan fingerprint density at radius 3 is 2.75 bits per heavy atom. The van der Waals surface area contributed by atoms with Crippen LogP contribution in [0.3, 0.4) is 0 Å². The van der Waals surface area contributed by atoms with E-state index in [4.69, 9.17) is 10.5 Å². The number of primary amides is 1. The lowest BCUT2D eigenvalue weighted by Gasteiger charge is -2.42. The van der Waals surface area contributed by atoms with Crippen molar-refractivity contribution in [3.63, 3.8) is 0 Å². The Kier molecular flexibility index (Phi) is 5.87. The van der Waals surface area contributed by atoms with Gasteiger partial charge in [-0.2, -0.15) is 0 Å². The first-order chi connectivity index (χ1) is 13.4. The average molecular weight is 386 g/mol. The summed E-state index contributed by atoms with van der Waals surface area (Å²) in [6, 6.07) is 5.68. The molecule has 1 aliphatic rings. The summed E-state index contributed by atoms with van der Waals surface area (Å²) in [5.74, 6) is -0.472. The molecule has 8 heteroatoms. The quantitative estimate of drug-likeness (QED) is 0.820. The molecule has 0 spiro atoms. The molecular weight excluding hydrogens is 363 g/mol. The van der Waals surface area contributed by atoms with Gasteiger partial charge in [-0.1, -0.05) is 0 Å². The van der Waals surface area contributed by atoms with E-state index < -0.39 is 11.3 Å². The Morgan fingerprint density at radius 2 is 2.07 bits per heavy atom. The molecule has 1 aromatic carbocycles. The Morgan fingerprint density at radius 1 is 1.32 bits per heavy atom. The Hall–Kier alpha value is -3.03. The summed E-state index contributed by atoms with van der Waals surface area (Å²) >= 11 is 0. The van der Waals surface area contributed by atoms with E-state index in [0.29, 0.717) is 36.5 Å². The number of hydrogen-bond donors (Lipinski definition) is 1. The van der Waals surface area contributed by atoms with Gasteiger partial charge in [0.05, 0.1) is 17.9 Å². The van der Waals surface area contributed by atoms with Gasteiger partial charge in [0, 0.05) is 31.1 Å². The van der Waals surface area contributed by atoms with Crippen LogP contribution in [0.15, 0.2) is 36.8 Å². The molecule has 0 radical (unpaired) electrons. The van der Waals surface area contributed by atoms with Gasteiger partial charge in [0.1, 0.15) is 17.9 Å². The number of nitrogens with zero attached hydrogens (tertiary/aromatic N) is 3. The standard InChI is InChI=1S/C20H23FN4O3/c1-14-17(10-23-13-24-14)19(27)25-8-2-7-20(11-25,9-18(22)26)12-28-16-5-3-15(21)4-6-16/h3-6,10,13H,2,7-9,11-12H2,1H3,(H2,22,26)/t20-/m0/s1. The van der Waals surface area contributed by atoms with Crippen LogP contribution in [0, 0.1) is 18.2 Å². The van der Waals surface area contributed by atoms with Crippen molar-refractivity contribution in [2.24, 2.45) is 11.1 Å². The van der Waals surface area contributed by atoms with E-state index in [1.54, 1.807) is 11.8 Å². The number of carbonyl (C=O) groups excluding carboxylic acids is 2. The van der Waals surface area contributed by atoms with Crippen molar-refractivity contribution in [3.05, 3.63) is 53.9 Å². The molecule has 0 saturated carbocycles. The number of rotatable bonds is 6. The third-order valence-electron chi connectivity index (χ3n) is 5.00. The minimum Gasteiger partial charge on any atom is -0.493 e. The molecule has 3 rings (SSSR count). The van der Waals surface area contributed by atoms with Crippen molar-refractivity contribution in [2.75, 3.05) is 19.7 Å². The third-order valence-corrected chi connectivity index (χ3v) is 5.00. The van der Waals surface area contributed by atoms with Crippen LogP contribution < -0.4 is 10.5 Å². The van der Waals surface area contributed by atoms with Crippen molar-refractivity contribution >= 4 is 11.8 Å². The summed E-state index contributed by atoms with van der Waals surface area (Å²) in [5, 5.41) is 0. The molecule has 2 aromatic rings. The molecule has 28 heavy (non-hydrogen) atoms. The van der Waals surface area contributed by atoms with Crippen molar-refractivity contribution in [2.45, 2.75) is 26.2 Å². The highest BCUT2D eigenvalue weighted by Crippen LogP contribution is 2.35. The minimum atomic E-state index is -0.600. The molecule has 1 saturated heterocycles. The summed E-state index contributed by atoms with van der Waals surface area (Å²) in [6.45, 7) is 2.87. The van der Waals surface area contributed by atoms with Crippen LogP contribution in [0.1, 0.15) is 35.3 Å². The highest BCUT2D eigenvalue weighted by atomic mass is 19.1. The SMILES string of the molecule is Cc1ncncc1C(=O)N1CCC[C@](COc2ccc(F)cc2)(CC(N)=O)C1. The number of benzene rings is 1. The van der Waals surface area contributed by atoms with Gasteiger partial charge in [-0.3, -0.25) is 9.59 Å². The summed E-state index contributed by atoms with van der Waals surface area (Å²) in [4.78, 5) is 34.4. The van der Waals surface area contributed by atoms with Crippen LogP contribution in [0.25, 0.3) is 0 Å². The van der Waals surface area contributed by atoms with Crippen molar-refractivity contribution in [1.29, 1.82) is 0 Å². The van der Waals surface area contributed by atoms with Gasteiger partial charge in [0.2, 0.25) is 5.91 Å². The summed E-state index contributed by atoms with van der Waals surface area (Å²) < 4.78 is 18.9. The van der Waals surface area contributed by atoms with Crippen LogP contribution in [-0.4, -0.2) is 46.4 Å². The molecule has 0 aliphatic carbocycles. The van der Waals surface area contributed by atoms with Crippen LogP contribution in [0.4, 0.5) is 4.39 Å². The maximum atomic E-state index is 13.1. The first-order valence-corrected chi connectivity index (χ1v) is 9.11. The highest BCUT2D eigenvalue weighted by molar-refractivity contribution is 5.95. The van der Waals surface area contributed by atoms with E-state index in [-0.39, 0.29) is 24.8 Å². The summed E-state index contributed by atoms with van der Waals surface area (Å²) in [7, 11) is 0. The molecule has 2 N–H and O–H groups in total. The molecule has 1 fully saturated rings. The van der Waals surface area contributed by atoms with Crippen molar-refractivity contribution in [1.82, 2.24) is 14.9 Å². The van der Waals surface area contributed by atoms with Gasteiger partial charge in [-0.15, -0.1) is 0 Å². The molecule has 2 heterocycles. The zero-order chi connectivity index (χ0) is 20.1. The maximum absolute atomic E-state index is 13.1. The minimum absolute atomic E-state index is 0.0995. The number of hydrogen-bond acceptors (Lipinski definition) is 5. The molecule has 7 nitrogen and oxygen atoms in total. The first kappa shape index (κ1) is 19.7. The number of ether oxygens (including phenoxy) is 1. The number of aromatic nitrogens is 2. The molecule has 0 bridgehead atoms. The summed E-state index contributed by atoms with van der Waals surface area (Å²) in [5.41, 5.74) is 5.93. The predicted molar refractivity (Wildman–Crippen MR) is 100 cm³/mol. The van der Waals surface area contributed by atoms with Crippen molar-refractivity contribution in [3.8, 4) is 5.75 Å². The molecular formula is C20H23FN4O3. The van der Waals surface area contributed by atoms with Gasteiger partial charge >= 0.3 is 0 Å². The van der Waals surface area contributed by atoms with Gasteiger partial charge < -0.3 is 15.4 Å². The van der Waals surface area contributed by atoms with Crippen LogP contribution in [0.5, 0.6) is 5.75 Å². The fraction of sp³-hybridized carbons (Fsp3) is 0.400. The van der Waals surface area contributed by atoms with E-state index in [1.807, 2.05) is 0 Å². The molecule has 1 aliphatic heterocycles. The van der Waals surface area contributed by atoms with Gasteiger partial charge in [-0.05, 0) is 44.0 Å². The van der Waals surface area contributed by atoms with E-state index >= 15 is 0 Å².